The Morgan fingerprint density at radius 1 is 0.846 bits per heavy atom. The van der Waals surface area contributed by atoms with Crippen molar-refractivity contribution < 1.29 is 17.7 Å². The van der Waals surface area contributed by atoms with Gasteiger partial charge in [0.2, 0.25) is 0 Å². The van der Waals surface area contributed by atoms with Gasteiger partial charge in [-0.1, -0.05) is 36.4 Å². The third kappa shape index (κ3) is 3.37. The number of rotatable bonds is 4. The van der Waals surface area contributed by atoms with Crippen LogP contribution >= 0.6 is 0 Å². The van der Waals surface area contributed by atoms with Crippen LogP contribution in [0.1, 0.15) is 5.69 Å². The molecule has 0 unspecified atom stereocenters. The highest BCUT2D eigenvalue weighted by Crippen LogP contribution is 2.24. The number of aromatic nitrogens is 1. The minimum Gasteiger partial charge on any atom is -0.487 e. The summed E-state index contributed by atoms with van der Waals surface area (Å²) < 4.78 is 37.6. The van der Waals surface area contributed by atoms with Crippen LogP contribution in [0.15, 0.2) is 77.7 Å². The molecule has 0 aliphatic carbocycles. The van der Waals surface area contributed by atoms with Crippen molar-refractivity contribution in [3.63, 3.8) is 0 Å². The Kier molecular flexibility index (Phi) is 4.06. The van der Waals surface area contributed by atoms with E-state index in [-0.39, 0.29) is 4.90 Å². The van der Waals surface area contributed by atoms with E-state index in [2.05, 4.69) is 4.98 Å². The number of para-hydroxylation sites is 1. The summed E-state index contributed by atoms with van der Waals surface area (Å²) in [5.74, 6) is 0.597. The van der Waals surface area contributed by atoms with Gasteiger partial charge in [-0.05, 0) is 47.2 Å². The van der Waals surface area contributed by atoms with Crippen LogP contribution in [0.4, 0.5) is 0 Å². The van der Waals surface area contributed by atoms with Crippen LogP contribution in [-0.2, 0) is 16.7 Å². The molecule has 0 atom stereocenters. The molecule has 0 spiro atoms. The van der Waals surface area contributed by atoms with Crippen molar-refractivity contribution in [3.05, 3.63) is 78.5 Å². The molecule has 0 saturated carbocycles. The Balaban J connectivity index is 1.59. The minimum absolute atomic E-state index is 0.140. The maximum Gasteiger partial charge on any atom is 0.294 e. The molecule has 0 bridgehead atoms. The molecule has 4 rings (SSSR count). The van der Waals surface area contributed by atoms with Gasteiger partial charge >= 0.3 is 0 Å². The average molecular weight is 365 g/mol. The fourth-order valence-corrected chi connectivity index (χ4v) is 3.31. The zero-order valence-electron chi connectivity index (χ0n) is 13.7. The monoisotopic (exact) mass is 365 g/mol. The van der Waals surface area contributed by atoms with E-state index in [0.717, 1.165) is 22.0 Å². The molecule has 1 N–H and O–H groups in total. The molecule has 1 aromatic heterocycles. The third-order valence-electron chi connectivity index (χ3n) is 4.12. The van der Waals surface area contributed by atoms with E-state index in [1.54, 1.807) is 12.1 Å². The Bertz CT molecular complexity index is 1220. The molecule has 1 heterocycles. The van der Waals surface area contributed by atoms with Crippen molar-refractivity contribution in [1.29, 1.82) is 0 Å². The Labute approximate surface area is 150 Å². The summed E-state index contributed by atoms with van der Waals surface area (Å²) in [6.45, 7) is 0.300. The standard InChI is InChI=1S/C20H15NO4S/c22-26(23,24)19-10-7-14-6-9-18(11-16(14)12-19)25-13-17-8-5-15-3-1-2-4-20(15)21-17/h1-12H,13H2,(H,22,23,24). The van der Waals surface area contributed by atoms with Crippen molar-refractivity contribution in [2.75, 3.05) is 0 Å². The van der Waals surface area contributed by atoms with Crippen molar-refractivity contribution in [2.24, 2.45) is 0 Å². The summed E-state index contributed by atoms with van der Waals surface area (Å²) >= 11 is 0. The molecule has 26 heavy (non-hydrogen) atoms. The molecular formula is C20H15NO4S. The fraction of sp³-hybridized carbons (Fsp3) is 0.0500. The third-order valence-corrected chi connectivity index (χ3v) is 4.97. The molecule has 0 fully saturated rings. The molecule has 5 nitrogen and oxygen atoms in total. The van der Waals surface area contributed by atoms with Gasteiger partial charge in [0.15, 0.2) is 0 Å². The summed E-state index contributed by atoms with van der Waals surface area (Å²) in [5, 5.41) is 2.59. The van der Waals surface area contributed by atoms with Gasteiger partial charge in [-0.15, -0.1) is 0 Å². The van der Waals surface area contributed by atoms with E-state index in [1.165, 1.54) is 12.1 Å². The van der Waals surface area contributed by atoms with Gasteiger partial charge in [-0.2, -0.15) is 8.42 Å². The molecule has 0 aliphatic heterocycles. The highest BCUT2D eigenvalue weighted by molar-refractivity contribution is 7.85. The lowest BCUT2D eigenvalue weighted by atomic mass is 10.1. The van der Waals surface area contributed by atoms with Crippen LogP contribution in [0, 0.1) is 0 Å². The summed E-state index contributed by atoms with van der Waals surface area (Å²) in [5.41, 5.74) is 1.71. The molecule has 0 aliphatic rings. The normalized spacial score (nSPS) is 11.7. The topological polar surface area (TPSA) is 76.5 Å². The summed E-state index contributed by atoms with van der Waals surface area (Å²) in [7, 11) is -4.23. The summed E-state index contributed by atoms with van der Waals surface area (Å²) in [6, 6.07) is 21.6. The second kappa shape index (κ2) is 6.40. The molecule has 0 amide bonds. The van der Waals surface area contributed by atoms with E-state index >= 15 is 0 Å². The van der Waals surface area contributed by atoms with Crippen LogP contribution in [0.5, 0.6) is 5.75 Å². The first-order chi connectivity index (χ1) is 12.5. The van der Waals surface area contributed by atoms with Crippen molar-refractivity contribution in [3.8, 4) is 5.75 Å². The number of hydrogen-bond donors (Lipinski definition) is 1. The first-order valence-electron chi connectivity index (χ1n) is 7.98. The lowest BCUT2D eigenvalue weighted by molar-refractivity contribution is 0.302. The molecule has 0 saturated heterocycles. The number of nitrogens with zero attached hydrogens (tertiary/aromatic N) is 1. The van der Waals surface area contributed by atoms with E-state index in [1.807, 2.05) is 48.5 Å². The highest BCUT2D eigenvalue weighted by atomic mass is 32.2. The van der Waals surface area contributed by atoms with Crippen LogP contribution in [0.25, 0.3) is 21.7 Å². The number of fused-ring (bicyclic) bond motifs is 2. The summed E-state index contributed by atoms with van der Waals surface area (Å²) in [4.78, 5) is 4.42. The van der Waals surface area contributed by atoms with E-state index < -0.39 is 10.1 Å². The predicted molar refractivity (Wildman–Crippen MR) is 99.8 cm³/mol. The first-order valence-corrected chi connectivity index (χ1v) is 9.42. The second-order valence-corrected chi connectivity index (χ2v) is 7.35. The molecule has 6 heteroatoms. The molecule has 4 aromatic rings. The predicted octanol–water partition coefficient (Wildman–Crippen LogP) is 4.21. The number of hydrogen-bond acceptors (Lipinski definition) is 4. The lowest BCUT2D eigenvalue weighted by Gasteiger charge is -2.08. The number of benzene rings is 3. The van der Waals surface area contributed by atoms with Gasteiger partial charge < -0.3 is 4.74 Å². The minimum atomic E-state index is -4.23. The van der Waals surface area contributed by atoms with Gasteiger partial charge in [0.25, 0.3) is 10.1 Å². The smallest absolute Gasteiger partial charge is 0.294 e. The first kappa shape index (κ1) is 16.5. The molecular weight excluding hydrogens is 350 g/mol. The van der Waals surface area contributed by atoms with Crippen LogP contribution in [0.3, 0.4) is 0 Å². The van der Waals surface area contributed by atoms with Gasteiger partial charge in [0, 0.05) is 5.39 Å². The van der Waals surface area contributed by atoms with Crippen molar-refractivity contribution in [1.82, 2.24) is 4.98 Å². The fourth-order valence-electron chi connectivity index (χ4n) is 2.80. The van der Waals surface area contributed by atoms with Crippen LogP contribution in [0.2, 0.25) is 0 Å². The van der Waals surface area contributed by atoms with Crippen LogP contribution < -0.4 is 4.74 Å². The Morgan fingerprint density at radius 2 is 1.62 bits per heavy atom. The highest BCUT2D eigenvalue weighted by Gasteiger charge is 2.10. The average Bonchev–Trinajstić information content (AvgIpc) is 2.65. The summed E-state index contributed by atoms with van der Waals surface area (Å²) in [6.07, 6.45) is 0. The zero-order valence-corrected chi connectivity index (χ0v) is 14.5. The quantitative estimate of drug-likeness (QED) is 0.548. The second-order valence-electron chi connectivity index (χ2n) is 5.93. The Hall–Kier alpha value is -2.96. The molecule has 3 aromatic carbocycles. The van der Waals surface area contributed by atoms with Crippen molar-refractivity contribution >= 4 is 31.8 Å². The SMILES string of the molecule is O=S(=O)(O)c1ccc2ccc(OCc3ccc4ccccc4n3)cc2c1. The lowest BCUT2D eigenvalue weighted by Crippen LogP contribution is -1.99. The van der Waals surface area contributed by atoms with Gasteiger partial charge in [0.05, 0.1) is 16.1 Å². The largest absolute Gasteiger partial charge is 0.487 e. The van der Waals surface area contributed by atoms with E-state index in [9.17, 15) is 13.0 Å². The van der Waals surface area contributed by atoms with Gasteiger partial charge in [0.1, 0.15) is 12.4 Å². The zero-order chi connectivity index (χ0) is 18.1. The molecule has 130 valence electrons. The Morgan fingerprint density at radius 3 is 2.46 bits per heavy atom. The van der Waals surface area contributed by atoms with Crippen LogP contribution in [-0.4, -0.2) is 18.0 Å². The van der Waals surface area contributed by atoms with E-state index in [4.69, 9.17) is 4.74 Å². The number of ether oxygens (including phenoxy) is 1. The van der Waals surface area contributed by atoms with Crippen molar-refractivity contribution in [2.45, 2.75) is 11.5 Å². The van der Waals surface area contributed by atoms with E-state index in [0.29, 0.717) is 17.7 Å². The number of pyridine rings is 1. The maximum atomic E-state index is 11.3. The molecule has 0 radical (unpaired) electrons. The van der Waals surface area contributed by atoms with Gasteiger partial charge in [-0.3, -0.25) is 4.55 Å². The maximum absolute atomic E-state index is 11.3. The van der Waals surface area contributed by atoms with Gasteiger partial charge in [-0.25, -0.2) is 4.98 Å².